The van der Waals surface area contributed by atoms with Gasteiger partial charge in [0.2, 0.25) is 5.91 Å². The first-order chi connectivity index (χ1) is 11.8. The van der Waals surface area contributed by atoms with Crippen LogP contribution in [0.5, 0.6) is 0 Å². The van der Waals surface area contributed by atoms with Gasteiger partial charge in [-0.3, -0.25) is 14.3 Å². The van der Waals surface area contributed by atoms with Gasteiger partial charge < -0.3 is 15.3 Å². The normalized spacial score (nSPS) is 24.6. The van der Waals surface area contributed by atoms with E-state index in [1.165, 1.54) is 28.5 Å². The first-order valence-electron chi connectivity index (χ1n) is 8.73. The summed E-state index contributed by atoms with van der Waals surface area (Å²) in [4.78, 5) is 38.1. The van der Waals surface area contributed by atoms with Gasteiger partial charge in [0.05, 0.1) is 6.54 Å². The minimum Gasteiger partial charge on any atom is -0.476 e. The summed E-state index contributed by atoms with van der Waals surface area (Å²) in [5.74, 6) is -1.81. The van der Waals surface area contributed by atoms with Gasteiger partial charge in [-0.1, -0.05) is 25.7 Å². The molecule has 2 amide bonds. The largest absolute Gasteiger partial charge is 0.476 e. The monoisotopic (exact) mass is 348 g/mol. The number of rotatable bonds is 3. The lowest BCUT2D eigenvalue weighted by atomic mass is 9.95. The molecule has 0 unspecified atom stereocenters. The van der Waals surface area contributed by atoms with Crippen molar-refractivity contribution in [3.63, 3.8) is 0 Å². The molecule has 1 saturated carbocycles. The molecule has 1 aliphatic carbocycles. The molecule has 2 aliphatic rings. The van der Waals surface area contributed by atoms with Crippen molar-refractivity contribution in [2.24, 2.45) is 0 Å². The highest BCUT2D eigenvalue weighted by Crippen LogP contribution is 2.27. The van der Waals surface area contributed by atoms with Gasteiger partial charge in [-0.05, 0) is 19.8 Å². The molecule has 0 aromatic carbocycles. The SMILES string of the molecule is CN1C(=O)c2cc(C(=O)O)nn2C[C@]1(C)C(=O)NC1CCCCCC1. The highest BCUT2D eigenvalue weighted by molar-refractivity contribution is 6.00. The molecule has 1 aromatic heterocycles. The van der Waals surface area contributed by atoms with Crippen molar-refractivity contribution in [2.45, 2.75) is 63.6 Å². The second kappa shape index (κ2) is 6.50. The van der Waals surface area contributed by atoms with Crippen LogP contribution in [0.25, 0.3) is 0 Å². The molecule has 136 valence electrons. The summed E-state index contributed by atoms with van der Waals surface area (Å²) >= 11 is 0. The lowest BCUT2D eigenvalue weighted by Crippen LogP contribution is -2.63. The van der Waals surface area contributed by atoms with Crippen LogP contribution in [0.2, 0.25) is 0 Å². The summed E-state index contributed by atoms with van der Waals surface area (Å²) in [5.41, 5.74) is -1.09. The number of aromatic carboxylic acids is 1. The highest BCUT2D eigenvalue weighted by Gasteiger charge is 2.46. The first kappa shape index (κ1) is 17.4. The van der Waals surface area contributed by atoms with E-state index in [4.69, 9.17) is 5.11 Å². The summed E-state index contributed by atoms with van der Waals surface area (Å²) in [5, 5.41) is 16.1. The third-order valence-electron chi connectivity index (χ3n) is 5.40. The average molecular weight is 348 g/mol. The zero-order valence-corrected chi connectivity index (χ0v) is 14.6. The van der Waals surface area contributed by atoms with Crippen molar-refractivity contribution < 1.29 is 19.5 Å². The number of carbonyl (C=O) groups is 3. The van der Waals surface area contributed by atoms with Gasteiger partial charge in [0.1, 0.15) is 11.2 Å². The number of aromatic nitrogens is 2. The van der Waals surface area contributed by atoms with Crippen molar-refractivity contribution in [1.29, 1.82) is 0 Å². The smallest absolute Gasteiger partial charge is 0.356 e. The summed E-state index contributed by atoms with van der Waals surface area (Å²) in [6, 6.07) is 1.38. The van der Waals surface area contributed by atoms with E-state index in [1.54, 1.807) is 14.0 Å². The van der Waals surface area contributed by atoms with Crippen LogP contribution in [0.15, 0.2) is 6.07 Å². The fourth-order valence-corrected chi connectivity index (χ4v) is 3.60. The lowest BCUT2D eigenvalue weighted by molar-refractivity contribution is -0.133. The topological polar surface area (TPSA) is 105 Å². The Balaban J connectivity index is 1.83. The van der Waals surface area contributed by atoms with Crippen LogP contribution >= 0.6 is 0 Å². The molecule has 1 aliphatic heterocycles. The van der Waals surface area contributed by atoms with Crippen molar-refractivity contribution >= 4 is 17.8 Å². The number of fused-ring (bicyclic) bond motifs is 1. The Morgan fingerprint density at radius 2 is 1.92 bits per heavy atom. The predicted molar refractivity (Wildman–Crippen MR) is 89.3 cm³/mol. The van der Waals surface area contributed by atoms with Gasteiger partial charge in [-0.25, -0.2) is 4.79 Å². The number of nitrogens with zero attached hydrogens (tertiary/aromatic N) is 3. The van der Waals surface area contributed by atoms with Gasteiger partial charge in [-0.15, -0.1) is 0 Å². The van der Waals surface area contributed by atoms with E-state index >= 15 is 0 Å². The second-order valence-electron chi connectivity index (χ2n) is 7.18. The summed E-state index contributed by atoms with van der Waals surface area (Å²) in [6.07, 6.45) is 6.49. The molecule has 1 atom stereocenters. The Hall–Kier alpha value is -2.38. The second-order valence-corrected chi connectivity index (χ2v) is 7.18. The molecule has 0 bridgehead atoms. The molecule has 1 aromatic rings. The molecule has 0 radical (unpaired) electrons. The predicted octanol–water partition coefficient (Wildman–Crippen LogP) is 1.26. The number of hydrogen-bond donors (Lipinski definition) is 2. The molecule has 8 heteroatoms. The van der Waals surface area contributed by atoms with E-state index < -0.39 is 17.4 Å². The zero-order valence-electron chi connectivity index (χ0n) is 14.6. The average Bonchev–Trinajstić information content (AvgIpc) is 2.82. The maximum absolute atomic E-state index is 12.9. The fourth-order valence-electron chi connectivity index (χ4n) is 3.60. The number of carbonyl (C=O) groups excluding carboxylic acids is 2. The fraction of sp³-hybridized carbons (Fsp3) is 0.647. The molecule has 8 nitrogen and oxygen atoms in total. The molecular formula is C17H24N4O4. The zero-order chi connectivity index (χ0) is 18.2. The number of carboxylic acids is 1. The number of amides is 2. The molecule has 0 spiro atoms. The van der Waals surface area contributed by atoms with Crippen LogP contribution in [0.3, 0.4) is 0 Å². The maximum Gasteiger partial charge on any atom is 0.356 e. The van der Waals surface area contributed by atoms with Gasteiger partial charge in [0.25, 0.3) is 5.91 Å². The molecule has 2 heterocycles. The quantitative estimate of drug-likeness (QED) is 0.800. The van der Waals surface area contributed by atoms with E-state index in [0.717, 1.165) is 25.7 Å². The van der Waals surface area contributed by atoms with Crippen LogP contribution < -0.4 is 5.32 Å². The van der Waals surface area contributed by atoms with Gasteiger partial charge in [0.15, 0.2) is 5.69 Å². The first-order valence-corrected chi connectivity index (χ1v) is 8.73. The number of likely N-dealkylation sites (N-methyl/N-ethyl adjacent to an activating group) is 1. The Labute approximate surface area is 146 Å². The van der Waals surface area contributed by atoms with Crippen LogP contribution in [0.1, 0.15) is 66.4 Å². The Morgan fingerprint density at radius 1 is 1.28 bits per heavy atom. The Bertz CT molecular complexity index is 706. The van der Waals surface area contributed by atoms with E-state index in [1.807, 2.05) is 0 Å². The highest BCUT2D eigenvalue weighted by atomic mass is 16.4. The van der Waals surface area contributed by atoms with Crippen molar-refractivity contribution in [2.75, 3.05) is 7.05 Å². The van der Waals surface area contributed by atoms with Crippen LogP contribution in [0.4, 0.5) is 0 Å². The standard InChI is InChI=1S/C17H24N4O4/c1-17(16(25)18-11-7-5-3-4-6-8-11)10-21-13(14(22)20(17)2)9-12(19-21)15(23)24/h9,11H,3-8,10H2,1-2H3,(H,18,25)(H,23,24)/t17-/m1/s1. The minimum absolute atomic E-state index is 0.129. The Morgan fingerprint density at radius 3 is 2.52 bits per heavy atom. The Kier molecular flexibility index (Phi) is 4.53. The number of carboxylic acid groups (broad SMARTS) is 1. The lowest BCUT2D eigenvalue weighted by Gasteiger charge is -2.41. The molecule has 3 rings (SSSR count). The van der Waals surface area contributed by atoms with Crippen molar-refractivity contribution in [3.05, 3.63) is 17.5 Å². The van der Waals surface area contributed by atoms with E-state index in [9.17, 15) is 14.4 Å². The third kappa shape index (κ3) is 3.12. The minimum atomic E-state index is -1.19. The number of nitrogens with one attached hydrogen (secondary N) is 1. The molecule has 1 fully saturated rings. The third-order valence-corrected chi connectivity index (χ3v) is 5.40. The van der Waals surface area contributed by atoms with Crippen molar-refractivity contribution in [1.82, 2.24) is 20.0 Å². The van der Waals surface area contributed by atoms with Gasteiger partial charge in [0, 0.05) is 19.2 Å². The van der Waals surface area contributed by atoms with Crippen LogP contribution in [-0.2, 0) is 11.3 Å². The van der Waals surface area contributed by atoms with Crippen molar-refractivity contribution in [3.8, 4) is 0 Å². The summed E-state index contributed by atoms with van der Waals surface area (Å²) in [7, 11) is 1.58. The summed E-state index contributed by atoms with van der Waals surface area (Å²) in [6.45, 7) is 1.83. The van der Waals surface area contributed by atoms with E-state index in [-0.39, 0.29) is 29.9 Å². The number of hydrogen-bond acceptors (Lipinski definition) is 4. The molecule has 0 saturated heterocycles. The maximum atomic E-state index is 12.9. The molecule has 2 N–H and O–H groups in total. The van der Waals surface area contributed by atoms with Crippen LogP contribution in [-0.4, -0.2) is 56.2 Å². The van der Waals surface area contributed by atoms with E-state index in [0.29, 0.717) is 0 Å². The van der Waals surface area contributed by atoms with Gasteiger partial charge >= 0.3 is 5.97 Å². The summed E-state index contributed by atoms with van der Waals surface area (Å²) < 4.78 is 1.33. The van der Waals surface area contributed by atoms with Crippen LogP contribution in [0, 0.1) is 0 Å². The van der Waals surface area contributed by atoms with Gasteiger partial charge in [-0.2, -0.15) is 5.10 Å². The molecular weight excluding hydrogens is 324 g/mol. The molecule has 25 heavy (non-hydrogen) atoms. The van der Waals surface area contributed by atoms with E-state index in [2.05, 4.69) is 10.4 Å².